The summed E-state index contributed by atoms with van der Waals surface area (Å²) in [5.74, 6) is 0. The highest BCUT2D eigenvalue weighted by Crippen LogP contribution is 2.13. The van der Waals surface area contributed by atoms with Crippen LogP contribution >= 0.6 is 0 Å². The summed E-state index contributed by atoms with van der Waals surface area (Å²) in [6, 6.07) is 9.84. The Kier molecular flexibility index (Phi) is 3.12. The smallest absolute Gasteiger partial charge is 0.0814 e. The number of hydrogen-bond donors (Lipinski definition) is 2. The van der Waals surface area contributed by atoms with Gasteiger partial charge in [-0.3, -0.25) is 5.43 Å². The number of para-hydroxylation sites is 1. The second-order valence-electron chi connectivity index (χ2n) is 3.72. The quantitative estimate of drug-likeness (QED) is 0.710. The zero-order chi connectivity index (χ0) is 10.5. The molecule has 0 aromatic heterocycles. The molecule has 1 fully saturated rings. The molecule has 0 spiro atoms. The lowest BCUT2D eigenvalue weighted by Crippen LogP contribution is -2.19. The minimum Gasteiger partial charge on any atom is -0.303 e. The summed E-state index contributed by atoms with van der Waals surface area (Å²) in [5, 5.41) is 12.0. The number of anilines is 1. The number of hydrazone groups is 1. The average molecular weight is 201 g/mol. The molecule has 0 unspecified atom stereocenters. The van der Waals surface area contributed by atoms with E-state index in [1.54, 1.807) is 0 Å². The first-order valence-electron chi connectivity index (χ1n) is 5.32. The Morgan fingerprint density at radius 3 is 2.53 bits per heavy atom. The zero-order valence-corrected chi connectivity index (χ0v) is 8.66. The maximum Gasteiger partial charge on any atom is 0.0814 e. The molecule has 0 saturated heterocycles. The minimum absolute atomic E-state index is 0.685. The van der Waals surface area contributed by atoms with Crippen molar-refractivity contribution in [3.05, 3.63) is 30.3 Å². The second kappa shape index (κ2) is 4.73. The van der Waals surface area contributed by atoms with Crippen molar-refractivity contribution in [2.45, 2.75) is 25.7 Å². The topological polar surface area (TPSA) is 48.2 Å². The van der Waals surface area contributed by atoms with Gasteiger partial charge in [0.15, 0.2) is 0 Å². The van der Waals surface area contributed by atoms with E-state index < -0.39 is 0 Å². The summed E-state index contributed by atoms with van der Waals surface area (Å²) < 4.78 is 0. The van der Waals surface area contributed by atoms with Crippen LogP contribution in [0, 0.1) is 5.41 Å². The van der Waals surface area contributed by atoms with Crippen LogP contribution in [0.2, 0.25) is 0 Å². The van der Waals surface area contributed by atoms with Crippen molar-refractivity contribution in [1.82, 2.24) is 0 Å². The van der Waals surface area contributed by atoms with Crippen LogP contribution in [-0.2, 0) is 0 Å². The maximum atomic E-state index is 7.74. The summed E-state index contributed by atoms with van der Waals surface area (Å²) in [7, 11) is 0. The maximum absolute atomic E-state index is 7.74. The molecule has 0 aliphatic heterocycles. The van der Waals surface area contributed by atoms with Crippen LogP contribution in [0.3, 0.4) is 0 Å². The van der Waals surface area contributed by atoms with Crippen LogP contribution in [-0.4, -0.2) is 11.4 Å². The molecule has 1 aromatic rings. The molecule has 2 N–H and O–H groups in total. The number of nitrogens with zero attached hydrogens (tertiary/aromatic N) is 1. The average Bonchev–Trinajstić information content (AvgIpc) is 2.29. The Balaban J connectivity index is 2.01. The van der Waals surface area contributed by atoms with Gasteiger partial charge in [-0.15, -0.1) is 0 Å². The van der Waals surface area contributed by atoms with Crippen LogP contribution < -0.4 is 5.43 Å². The molecule has 0 amide bonds. The standard InChI is InChI=1S/C12H15N3/c13-11-8-4-5-9-12(11)15-14-10-6-2-1-3-7-10/h1-3,6-7,13-14H,4-5,8-9H2/b13-11?,15-12-. The SMILES string of the molecule is N=C1CCCC/C1=N/Nc1ccccc1. The molecule has 0 heterocycles. The molecule has 3 heteroatoms. The van der Waals surface area contributed by atoms with E-state index in [9.17, 15) is 0 Å². The van der Waals surface area contributed by atoms with Crippen molar-refractivity contribution in [2.75, 3.05) is 5.43 Å². The van der Waals surface area contributed by atoms with Gasteiger partial charge < -0.3 is 5.41 Å². The van der Waals surface area contributed by atoms with Gasteiger partial charge in [0.25, 0.3) is 0 Å². The molecule has 0 bridgehead atoms. The molecular weight excluding hydrogens is 186 g/mol. The van der Waals surface area contributed by atoms with E-state index in [4.69, 9.17) is 5.41 Å². The van der Waals surface area contributed by atoms with Crippen molar-refractivity contribution in [3.8, 4) is 0 Å². The highest BCUT2D eigenvalue weighted by atomic mass is 15.3. The molecule has 1 saturated carbocycles. The van der Waals surface area contributed by atoms with Crippen LogP contribution in [0.4, 0.5) is 5.69 Å². The van der Waals surface area contributed by atoms with Gasteiger partial charge >= 0.3 is 0 Å². The first kappa shape index (κ1) is 9.90. The normalized spacial score (nSPS) is 19.2. The number of nitrogens with one attached hydrogen (secondary N) is 2. The van der Waals surface area contributed by atoms with Gasteiger partial charge in [-0.25, -0.2) is 0 Å². The first-order chi connectivity index (χ1) is 7.36. The Labute approximate surface area is 89.7 Å². The summed E-state index contributed by atoms with van der Waals surface area (Å²) in [5.41, 5.74) is 5.56. The summed E-state index contributed by atoms with van der Waals surface area (Å²) in [6.07, 6.45) is 4.08. The summed E-state index contributed by atoms with van der Waals surface area (Å²) in [6.45, 7) is 0. The van der Waals surface area contributed by atoms with Crippen molar-refractivity contribution in [1.29, 1.82) is 5.41 Å². The van der Waals surface area contributed by atoms with Gasteiger partial charge in [-0.2, -0.15) is 5.10 Å². The van der Waals surface area contributed by atoms with Gasteiger partial charge in [-0.1, -0.05) is 18.2 Å². The summed E-state index contributed by atoms with van der Waals surface area (Å²) >= 11 is 0. The van der Waals surface area contributed by atoms with E-state index in [1.807, 2.05) is 30.3 Å². The van der Waals surface area contributed by atoms with Crippen LogP contribution in [0.1, 0.15) is 25.7 Å². The van der Waals surface area contributed by atoms with Crippen molar-refractivity contribution in [2.24, 2.45) is 5.10 Å². The first-order valence-corrected chi connectivity index (χ1v) is 5.32. The fourth-order valence-electron chi connectivity index (χ4n) is 1.66. The van der Waals surface area contributed by atoms with Crippen molar-refractivity contribution in [3.63, 3.8) is 0 Å². The molecule has 15 heavy (non-hydrogen) atoms. The minimum atomic E-state index is 0.685. The predicted molar refractivity (Wildman–Crippen MR) is 63.7 cm³/mol. The predicted octanol–water partition coefficient (Wildman–Crippen LogP) is 3.05. The van der Waals surface area contributed by atoms with Gasteiger partial charge in [0.2, 0.25) is 0 Å². The number of rotatable bonds is 2. The summed E-state index contributed by atoms with van der Waals surface area (Å²) in [4.78, 5) is 0. The Morgan fingerprint density at radius 1 is 1.07 bits per heavy atom. The largest absolute Gasteiger partial charge is 0.303 e. The van der Waals surface area contributed by atoms with E-state index in [2.05, 4.69) is 10.5 Å². The van der Waals surface area contributed by atoms with Crippen molar-refractivity contribution >= 4 is 17.1 Å². The van der Waals surface area contributed by atoms with Gasteiger partial charge in [0.05, 0.1) is 17.1 Å². The molecule has 3 nitrogen and oxygen atoms in total. The third kappa shape index (κ3) is 2.65. The molecule has 1 aromatic carbocycles. The molecule has 0 atom stereocenters. The molecule has 78 valence electrons. The number of benzene rings is 1. The molecule has 1 aliphatic rings. The lowest BCUT2D eigenvalue weighted by Gasteiger charge is -2.13. The van der Waals surface area contributed by atoms with Crippen LogP contribution in [0.15, 0.2) is 35.4 Å². The van der Waals surface area contributed by atoms with Crippen molar-refractivity contribution < 1.29 is 0 Å². The van der Waals surface area contributed by atoms with Crippen LogP contribution in [0.25, 0.3) is 0 Å². The fourth-order valence-corrected chi connectivity index (χ4v) is 1.66. The Hall–Kier alpha value is -1.64. The third-order valence-electron chi connectivity index (χ3n) is 2.53. The van der Waals surface area contributed by atoms with Gasteiger partial charge in [-0.05, 0) is 37.8 Å². The van der Waals surface area contributed by atoms with Gasteiger partial charge in [0, 0.05) is 0 Å². The van der Waals surface area contributed by atoms with Gasteiger partial charge in [0.1, 0.15) is 0 Å². The van der Waals surface area contributed by atoms with E-state index in [1.165, 1.54) is 0 Å². The highest BCUT2D eigenvalue weighted by molar-refractivity contribution is 6.41. The lowest BCUT2D eigenvalue weighted by molar-refractivity contribution is 0.773. The number of hydrogen-bond acceptors (Lipinski definition) is 3. The second-order valence-corrected chi connectivity index (χ2v) is 3.72. The van der Waals surface area contributed by atoms with E-state index in [-0.39, 0.29) is 0 Å². The highest BCUT2D eigenvalue weighted by Gasteiger charge is 2.12. The lowest BCUT2D eigenvalue weighted by atomic mass is 9.97. The van der Waals surface area contributed by atoms with Crippen LogP contribution in [0.5, 0.6) is 0 Å². The zero-order valence-electron chi connectivity index (χ0n) is 8.66. The molecule has 0 radical (unpaired) electrons. The Morgan fingerprint density at radius 2 is 1.80 bits per heavy atom. The fraction of sp³-hybridized carbons (Fsp3) is 0.333. The molecular formula is C12H15N3. The monoisotopic (exact) mass is 201 g/mol. The Bertz CT molecular complexity index is 368. The van der Waals surface area contributed by atoms with E-state index in [0.29, 0.717) is 5.71 Å². The molecule has 2 rings (SSSR count). The third-order valence-corrected chi connectivity index (χ3v) is 2.53. The van der Waals surface area contributed by atoms with E-state index >= 15 is 0 Å². The molecule has 1 aliphatic carbocycles. The van der Waals surface area contributed by atoms with E-state index in [0.717, 1.165) is 37.1 Å².